The highest BCUT2D eigenvalue weighted by Crippen LogP contribution is 2.30. The van der Waals surface area contributed by atoms with Crippen LogP contribution in [0.3, 0.4) is 0 Å². The van der Waals surface area contributed by atoms with E-state index < -0.39 is 0 Å². The SMILES string of the molecule is O=C(NC1CC(=O)N(C2CC2)C1)c1ccc(Cl)s1. The predicted octanol–water partition coefficient (Wildman–Crippen LogP) is 1.89. The van der Waals surface area contributed by atoms with Crippen LogP contribution in [0.2, 0.25) is 4.34 Å². The molecular weight excluding hydrogens is 272 g/mol. The largest absolute Gasteiger partial charge is 0.346 e. The van der Waals surface area contributed by atoms with Crippen molar-refractivity contribution in [2.45, 2.75) is 31.3 Å². The Balaban J connectivity index is 1.60. The molecule has 96 valence electrons. The number of hydrogen-bond donors (Lipinski definition) is 1. The summed E-state index contributed by atoms with van der Waals surface area (Å²) in [7, 11) is 0. The monoisotopic (exact) mass is 284 g/mol. The average Bonchev–Trinajstić information content (AvgIpc) is 2.97. The third-order valence-corrected chi connectivity index (χ3v) is 4.51. The Morgan fingerprint density at radius 1 is 1.44 bits per heavy atom. The van der Waals surface area contributed by atoms with Gasteiger partial charge in [-0.3, -0.25) is 9.59 Å². The molecule has 1 aromatic heterocycles. The van der Waals surface area contributed by atoms with Crippen LogP contribution < -0.4 is 5.32 Å². The number of rotatable bonds is 3. The minimum absolute atomic E-state index is 0.0634. The number of halogens is 1. The number of hydrogen-bond acceptors (Lipinski definition) is 3. The highest BCUT2D eigenvalue weighted by Gasteiger charge is 2.39. The van der Waals surface area contributed by atoms with Gasteiger partial charge in [0.2, 0.25) is 5.91 Å². The Morgan fingerprint density at radius 3 is 2.83 bits per heavy atom. The van der Waals surface area contributed by atoms with Gasteiger partial charge in [0.25, 0.3) is 5.91 Å². The van der Waals surface area contributed by atoms with E-state index in [0.717, 1.165) is 12.8 Å². The van der Waals surface area contributed by atoms with E-state index in [4.69, 9.17) is 11.6 Å². The molecule has 1 aromatic rings. The van der Waals surface area contributed by atoms with E-state index in [1.165, 1.54) is 11.3 Å². The van der Waals surface area contributed by atoms with E-state index in [-0.39, 0.29) is 17.9 Å². The minimum Gasteiger partial charge on any atom is -0.346 e. The van der Waals surface area contributed by atoms with E-state index in [9.17, 15) is 9.59 Å². The number of likely N-dealkylation sites (tertiary alicyclic amines) is 1. The molecule has 3 rings (SSSR count). The molecule has 4 nitrogen and oxygen atoms in total. The lowest BCUT2D eigenvalue weighted by Gasteiger charge is -2.15. The van der Waals surface area contributed by atoms with Gasteiger partial charge in [-0.15, -0.1) is 11.3 Å². The third-order valence-electron chi connectivity index (χ3n) is 3.28. The van der Waals surface area contributed by atoms with Crippen molar-refractivity contribution in [1.29, 1.82) is 0 Å². The molecule has 18 heavy (non-hydrogen) atoms. The van der Waals surface area contributed by atoms with Crippen LogP contribution in [0.1, 0.15) is 28.9 Å². The first kappa shape index (κ1) is 12.0. The zero-order chi connectivity index (χ0) is 12.7. The maximum Gasteiger partial charge on any atom is 0.261 e. The fourth-order valence-electron chi connectivity index (χ4n) is 2.26. The molecule has 0 bridgehead atoms. The van der Waals surface area contributed by atoms with E-state index in [2.05, 4.69) is 5.32 Å². The minimum atomic E-state index is -0.137. The second-order valence-corrected chi connectivity index (χ2v) is 6.47. The molecule has 1 aliphatic carbocycles. The van der Waals surface area contributed by atoms with Gasteiger partial charge in [-0.1, -0.05) is 11.6 Å². The van der Waals surface area contributed by atoms with E-state index in [1.807, 2.05) is 4.90 Å². The fraction of sp³-hybridized carbons (Fsp3) is 0.500. The van der Waals surface area contributed by atoms with Crippen LogP contribution in [-0.4, -0.2) is 35.3 Å². The molecule has 0 radical (unpaired) electrons. The molecule has 1 saturated carbocycles. The van der Waals surface area contributed by atoms with Gasteiger partial charge in [-0.05, 0) is 25.0 Å². The van der Waals surface area contributed by atoms with Crippen LogP contribution in [0, 0.1) is 0 Å². The van der Waals surface area contributed by atoms with E-state index >= 15 is 0 Å². The molecule has 6 heteroatoms. The molecule has 2 fully saturated rings. The van der Waals surface area contributed by atoms with Crippen LogP contribution in [0.15, 0.2) is 12.1 Å². The number of amides is 2. The molecule has 1 unspecified atom stereocenters. The summed E-state index contributed by atoms with van der Waals surface area (Å²) in [6.07, 6.45) is 2.63. The fourth-order valence-corrected chi connectivity index (χ4v) is 3.21. The van der Waals surface area contributed by atoms with Crippen LogP contribution in [-0.2, 0) is 4.79 Å². The summed E-state index contributed by atoms with van der Waals surface area (Å²) in [4.78, 5) is 26.2. The summed E-state index contributed by atoms with van der Waals surface area (Å²) in [6, 6.07) is 3.77. The Morgan fingerprint density at radius 2 is 2.22 bits per heavy atom. The van der Waals surface area contributed by atoms with Crippen molar-refractivity contribution in [3.63, 3.8) is 0 Å². The lowest BCUT2D eigenvalue weighted by molar-refractivity contribution is -0.128. The van der Waals surface area contributed by atoms with Crippen molar-refractivity contribution in [1.82, 2.24) is 10.2 Å². The number of carbonyl (C=O) groups excluding carboxylic acids is 2. The summed E-state index contributed by atoms with van der Waals surface area (Å²) in [5, 5.41) is 2.90. The molecule has 1 aliphatic heterocycles. The number of thiophene rings is 1. The molecular formula is C12H13ClN2O2S. The van der Waals surface area contributed by atoms with Crippen molar-refractivity contribution in [3.8, 4) is 0 Å². The Labute approximate surface area is 114 Å². The quantitative estimate of drug-likeness (QED) is 0.921. The maximum absolute atomic E-state index is 11.9. The lowest BCUT2D eigenvalue weighted by Crippen LogP contribution is -2.37. The van der Waals surface area contributed by atoms with Crippen molar-refractivity contribution >= 4 is 34.8 Å². The van der Waals surface area contributed by atoms with Gasteiger partial charge in [-0.25, -0.2) is 0 Å². The molecule has 1 N–H and O–H groups in total. The van der Waals surface area contributed by atoms with Crippen LogP contribution in [0.4, 0.5) is 0 Å². The van der Waals surface area contributed by atoms with Gasteiger partial charge in [0.05, 0.1) is 15.3 Å². The smallest absolute Gasteiger partial charge is 0.261 e. The maximum atomic E-state index is 11.9. The number of nitrogens with one attached hydrogen (secondary N) is 1. The highest BCUT2D eigenvalue weighted by molar-refractivity contribution is 7.17. The lowest BCUT2D eigenvalue weighted by atomic mass is 10.2. The van der Waals surface area contributed by atoms with Crippen molar-refractivity contribution < 1.29 is 9.59 Å². The molecule has 2 heterocycles. The van der Waals surface area contributed by atoms with Crippen LogP contribution in [0.5, 0.6) is 0 Å². The summed E-state index contributed by atoms with van der Waals surface area (Å²) in [6.45, 7) is 0.647. The van der Waals surface area contributed by atoms with Gasteiger partial charge in [-0.2, -0.15) is 0 Å². The van der Waals surface area contributed by atoms with Gasteiger partial charge in [0.15, 0.2) is 0 Å². The highest BCUT2D eigenvalue weighted by atomic mass is 35.5. The van der Waals surface area contributed by atoms with Crippen molar-refractivity contribution in [2.75, 3.05) is 6.54 Å². The van der Waals surface area contributed by atoms with E-state index in [0.29, 0.717) is 28.2 Å². The number of nitrogens with zero attached hydrogens (tertiary/aromatic N) is 1. The second-order valence-electron chi connectivity index (χ2n) is 4.76. The Kier molecular flexibility index (Phi) is 3.03. The first-order chi connectivity index (χ1) is 8.63. The second kappa shape index (κ2) is 4.55. The van der Waals surface area contributed by atoms with Crippen molar-refractivity contribution in [3.05, 3.63) is 21.3 Å². The van der Waals surface area contributed by atoms with Crippen LogP contribution >= 0.6 is 22.9 Å². The average molecular weight is 285 g/mol. The van der Waals surface area contributed by atoms with Gasteiger partial charge < -0.3 is 10.2 Å². The number of carbonyl (C=O) groups is 2. The van der Waals surface area contributed by atoms with Gasteiger partial charge in [0.1, 0.15) is 0 Å². The molecule has 0 aromatic carbocycles. The third kappa shape index (κ3) is 2.37. The Bertz CT molecular complexity index is 498. The summed E-state index contributed by atoms with van der Waals surface area (Å²) < 4.78 is 0.599. The van der Waals surface area contributed by atoms with Crippen molar-refractivity contribution in [2.24, 2.45) is 0 Å². The van der Waals surface area contributed by atoms with Crippen LogP contribution in [0.25, 0.3) is 0 Å². The Hall–Kier alpha value is -1.07. The van der Waals surface area contributed by atoms with Gasteiger partial charge >= 0.3 is 0 Å². The standard InChI is InChI=1S/C12H13ClN2O2S/c13-10-4-3-9(18-10)12(17)14-7-5-11(16)15(6-7)8-1-2-8/h3-4,7-8H,1-2,5-6H2,(H,14,17). The molecule has 2 aliphatic rings. The molecule has 1 atom stereocenters. The topological polar surface area (TPSA) is 49.4 Å². The molecule has 2 amide bonds. The van der Waals surface area contributed by atoms with E-state index in [1.54, 1.807) is 12.1 Å². The first-order valence-electron chi connectivity index (χ1n) is 5.99. The normalized spacial score (nSPS) is 23.5. The molecule has 1 saturated heterocycles. The summed E-state index contributed by atoms with van der Waals surface area (Å²) in [5.41, 5.74) is 0. The zero-order valence-corrected chi connectivity index (χ0v) is 11.3. The zero-order valence-electron chi connectivity index (χ0n) is 9.69. The molecule has 0 spiro atoms. The summed E-state index contributed by atoms with van der Waals surface area (Å²) >= 11 is 7.05. The first-order valence-corrected chi connectivity index (χ1v) is 7.18. The predicted molar refractivity (Wildman–Crippen MR) is 69.9 cm³/mol. The summed E-state index contributed by atoms with van der Waals surface area (Å²) in [5.74, 6) is 0.0226. The van der Waals surface area contributed by atoms with Gasteiger partial charge in [0, 0.05) is 19.0 Å².